The number of sulfonamides is 1. The molecule has 3 unspecified atom stereocenters. The molecule has 0 aliphatic heterocycles. The maximum Gasteiger partial charge on any atom is 0.325 e. The van der Waals surface area contributed by atoms with Crippen molar-refractivity contribution in [2.75, 3.05) is 7.11 Å². The van der Waals surface area contributed by atoms with Gasteiger partial charge in [-0.05, 0) is 12.8 Å². The van der Waals surface area contributed by atoms with E-state index >= 15 is 0 Å². The fourth-order valence-electron chi connectivity index (χ4n) is 1.22. The third-order valence-electron chi connectivity index (χ3n) is 2.77. The Morgan fingerprint density at radius 2 is 1.83 bits per heavy atom. The van der Waals surface area contributed by atoms with E-state index in [4.69, 9.17) is 5.11 Å². The summed E-state index contributed by atoms with van der Waals surface area (Å²) in [6.07, 6.45) is 0.492. The first-order valence-corrected chi connectivity index (χ1v) is 7.03. The number of carboxylic acids is 1. The number of carbonyl (C=O) groups is 2. The van der Waals surface area contributed by atoms with Crippen LogP contribution >= 0.6 is 0 Å². The molecule has 0 aromatic rings. The Balaban J connectivity index is 5.04. The minimum absolute atomic E-state index is 0.387. The summed E-state index contributed by atoms with van der Waals surface area (Å²) in [6, 6.07) is -1.26. The van der Waals surface area contributed by atoms with Crippen LogP contribution < -0.4 is 4.72 Å². The van der Waals surface area contributed by atoms with Crippen molar-refractivity contribution in [3.8, 4) is 0 Å². The summed E-state index contributed by atoms with van der Waals surface area (Å²) in [5.41, 5.74) is 0. The number of methoxy groups -OCH3 is 1. The molecule has 7 nitrogen and oxygen atoms in total. The summed E-state index contributed by atoms with van der Waals surface area (Å²) in [6.45, 7) is 4.51. The van der Waals surface area contributed by atoms with E-state index in [1.807, 2.05) is 4.72 Å². The second-order valence-electron chi connectivity index (χ2n) is 4.03. The second kappa shape index (κ2) is 6.69. The van der Waals surface area contributed by atoms with E-state index in [0.717, 1.165) is 14.0 Å². The fourth-order valence-corrected chi connectivity index (χ4v) is 2.46. The number of esters is 1. The van der Waals surface area contributed by atoms with Gasteiger partial charge < -0.3 is 9.84 Å². The van der Waals surface area contributed by atoms with Crippen molar-refractivity contribution in [3.63, 3.8) is 0 Å². The van der Waals surface area contributed by atoms with E-state index in [2.05, 4.69) is 4.74 Å². The van der Waals surface area contributed by atoms with E-state index in [9.17, 15) is 18.0 Å². The fraction of sp³-hybridized carbons (Fsp3) is 0.800. The standard InChI is InChI=1S/C10H19NO6S/c1-5-6(2)8(9(12)13)11-18(15,16)7(3)10(14)17-4/h6-8,11H,5H2,1-4H3,(H,12,13). The lowest BCUT2D eigenvalue weighted by molar-refractivity contribution is -0.141. The number of aliphatic carboxylic acids is 1. The van der Waals surface area contributed by atoms with Gasteiger partial charge in [0.2, 0.25) is 10.0 Å². The lowest BCUT2D eigenvalue weighted by Gasteiger charge is -2.21. The van der Waals surface area contributed by atoms with Gasteiger partial charge in [-0.1, -0.05) is 20.3 Å². The molecule has 0 radical (unpaired) electrons. The molecule has 18 heavy (non-hydrogen) atoms. The average Bonchev–Trinajstić information content (AvgIpc) is 2.32. The highest BCUT2D eigenvalue weighted by Gasteiger charge is 2.35. The number of carboxylic acid groups (broad SMARTS) is 1. The molecule has 0 spiro atoms. The van der Waals surface area contributed by atoms with Gasteiger partial charge in [0.05, 0.1) is 7.11 Å². The van der Waals surface area contributed by atoms with Crippen LogP contribution in [0.3, 0.4) is 0 Å². The van der Waals surface area contributed by atoms with Crippen LogP contribution in [0.4, 0.5) is 0 Å². The van der Waals surface area contributed by atoms with Crippen molar-refractivity contribution in [3.05, 3.63) is 0 Å². The lowest BCUT2D eigenvalue weighted by atomic mass is 10.0. The first kappa shape index (κ1) is 16.9. The van der Waals surface area contributed by atoms with Crippen molar-refractivity contribution in [1.82, 2.24) is 4.72 Å². The molecule has 0 saturated heterocycles. The summed E-state index contributed by atoms with van der Waals surface area (Å²) in [5, 5.41) is 7.52. The van der Waals surface area contributed by atoms with Crippen molar-refractivity contribution >= 4 is 22.0 Å². The lowest BCUT2D eigenvalue weighted by Crippen LogP contribution is -2.49. The van der Waals surface area contributed by atoms with E-state index in [1.54, 1.807) is 13.8 Å². The Labute approximate surface area is 107 Å². The predicted octanol–water partition coefficient (Wildman–Crippen LogP) is -0.0334. The Hall–Kier alpha value is -1.15. The zero-order chi connectivity index (χ0) is 14.5. The summed E-state index contributed by atoms with van der Waals surface area (Å²) >= 11 is 0. The summed E-state index contributed by atoms with van der Waals surface area (Å²) < 4.78 is 29.9. The molecule has 0 amide bonds. The number of carbonyl (C=O) groups excluding carboxylic acids is 1. The zero-order valence-corrected chi connectivity index (χ0v) is 11.7. The molecule has 8 heteroatoms. The highest BCUT2D eigenvalue weighted by Crippen LogP contribution is 2.11. The average molecular weight is 281 g/mol. The molecule has 0 saturated carbocycles. The topological polar surface area (TPSA) is 110 Å². The molecule has 0 aromatic heterocycles. The Morgan fingerprint density at radius 1 is 1.33 bits per heavy atom. The molecular formula is C10H19NO6S. The number of rotatable bonds is 7. The molecule has 0 aliphatic carbocycles. The van der Waals surface area contributed by atoms with Crippen molar-refractivity contribution in [1.29, 1.82) is 0 Å². The number of ether oxygens (including phenoxy) is 1. The van der Waals surface area contributed by atoms with Crippen LogP contribution in [0.1, 0.15) is 27.2 Å². The normalized spacial score (nSPS) is 16.7. The highest BCUT2D eigenvalue weighted by molar-refractivity contribution is 7.90. The highest BCUT2D eigenvalue weighted by atomic mass is 32.2. The SMILES string of the molecule is CCC(C)C(NS(=O)(=O)C(C)C(=O)OC)C(=O)O. The summed E-state index contributed by atoms with van der Waals surface area (Å²) in [7, 11) is -3.01. The molecule has 0 heterocycles. The molecule has 0 rings (SSSR count). The molecule has 0 aromatic carbocycles. The molecule has 0 aliphatic rings. The van der Waals surface area contributed by atoms with E-state index in [0.29, 0.717) is 6.42 Å². The van der Waals surface area contributed by atoms with Gasteiger partial charge in [0.15, 0.2) is 5.25 Å². The molecule has 2 N–H and O–H groups in total. The van der Waals surface area contributed by atoms with Crippen molar-refractivity contribution < 1.29 is 27.9 Å². The van der Waals surface area contributed by atoms with Gasteiger partial charge in [0.25, 0.3) is 0 Å². The van der Waals surface area contributed by atoms with Gasteiger partial charge in [-0.3, -0.25) is 9.59 Å². The molecule has 0 bridgehead atoms. The van der Waals surface area contributed by atoms with E-state index < -0.39 is 33.3 Å². The smallest absolute Gasteiger partial charge is 0.325 e. The largest absolute Gasteiger partial charge is 0.480 e. The number of hydrogen-bond donors (Lipinski definition) is 2. The zero-order valence-electron chi connectivity index (χ0n) is 10.8. The predicted molar refractivity (Wildman–Crippen MR) is 64.4 cm³/mol. The van der Waals surface area contributed by atoms with Gasteiger partial charge in [-0.25, -0.2) is 8.42 Å². The first-order chi connectivity index (χ1) is 8.17. The molecule has 3 atom stereocenters. The van der Waals surface area contributed by atoms with Crippen LogP contribution in [0.5, 0.6) is 0 Å². The summed E-state index contributed by atoms with van der Waals surface area (Å²) in [4.78, 5) is 22.2. The quantitative estimate of drug-likeness (QED) is 0.634. The van der Waals surface area contributed by atoms with Gasteiger partial charge in [0, 0.05) is 0 Å². The number of hydrogen-bond acceptors (Lipinski definition) is 5. The van der Waals surface area contributed by atoms with Crippen LogP contribution in [-0.2, 0) is 24.3 Å². The van der Waals surface area contributed by atoms with Gasteiger partial charge in [0.1, 0.15) is 6.04 Å². The maximum atomic E-state index is 11.8. The first-order valence-electron chi connectivity index (χ1n) is 5.49. The third kappa shape index (κ3) is 4.26. The van der Waals surface area contributed by atoms with Crippen molar-refractivity contribution in [2.24, 2.45) is 5.92 Å². The van der Waals surface area contributed by atoms with Crippen LogP contribution in [0.15, 0.2) is 0 Å². The van der Waals surface area contributed by atoms with Crippen LogP contribution in [-0.4, -0.2) is 43.9 Å². The molecular weight excluding hydrogens is 262 g/mol. The minimum atomic E-state index is -4.08. The monoisotopic (exact) mass is 281 g/mol. The summed E-state index contributed by atoms with van der Waals surface area (Å²) in [5.74, 6) is -2.59. The Bertz CT molecular complexity index is 405. The minimum Gasteiger partial charge on any atom is -0.480 e. The van der Waals surface area contributed by atoms with Gasteiger partial charge in [-0.2, -0.15) is 4.72 Å². The maximum absolute atomic E-state index is 11.8. The van der Waals surface area contributed by atoms with Crippen LogP contribution in [0.2, 0.25) is 0 Å². The Kier molecular flexibility index (Phi) is 6.27. The molecule has 0 fully saturated rings. The van der Waals surface area contributed by atoms with Gasteiger partial charge in [-0.15, -0.1) is 0 Å². The van der Waals surface area contributed by atoms with Crippen molar-refractivity contribution in [2.45, 2.75) is 38.5 Å². The Morgan fingerprint density at radius 3 is 2.17 bits per heavy atom. The van der Waals surface area contributed by atoms with E-state index in [-0.39, 0.29) is 5.92 Å². The van der Waals surface area contributed by atoms with E-state index in [1.165, 1.54) is 0 Å². The van der Waals surface area contributed by atoms with Gasteiger partial charge >= 0.3 is 11.9 Å². The van der Waals surface area contributed by atoms with Crippen LogP contribution in [0.25, 0.3) is 0 Å². The van der Waals surface area contributed by atoms with Crippen LogP contribution in [0, 0.1) is 5.92 Å². The third-order valence-corrected chi connectivity index (χ3v) is 4.47. The number of nitrogens with one attached hydrogen (secondary N) is 1. The molecule has 106 valence electrons. The second-order valence-corrected chi connectivity index (χ2v) is 6.06.